The van der Waals surface area contributed by atoms with Crippen LogP contribution in [0.25, 0.3) is 0 Å². The zero-order valence-electron chi connectivity index (χ0n) is 16.3. The van der Waals surface area contributed by atoms with E-state index in [9.17, 15) is 9.59 Å². The Bertz CT molecular complexity index is 489. The summed E-state index contributed by atoms with van der Waals surface area (Å²) in [5, 5.41) is 3.13. The molecule has 7 heteroatoms. The van der Waals surface area contributed by atoms with Crippen LogP contribution in [0.4, 0.5) is 4.79 Å². The Morgan fingerprint density at radius 2 is 1.81 bits per heavy atom. The number of likely N-dealkylation sites (tertiary alicyclic amines) is 1. The number of carbonyl (C=O) groups is 2. The Morgan fingerprint density at radius 3 is 2.42 bits per heavy atom. The van der Waals surface area contributed by atoms with E-state index in [1.54, 1.807) is 4.90 Å². The van der Waals surface area contributed by atoms with Gasteiger partial charge in [0.1, 0.15) is 0 Å². The first-order valence-electron chi connectivity index (χ1n) is 10.1. The molecule has 0 aromatic carbocycles. The number of nitrogens with zero attached hydrogens (tertiary/aromatic N) is 3. The molecule has 3 rings (SSSR count). The minimum absolute atomic E-state index is 0.0951. The predicted molar refractivity (Wildman–Crippen MR) is 100.0 cm³/mol. The Balaban J connectivity index is 1.54. The molecule has 0 bridgehead atoms. The molecule has 7 nitrogen and oxygen atoms in total. The maximum absolute atomic E-state index is 12.3. The zero-order chi connectivity index (χ0) is 18.5. The van der Waals surface area contributed by atoms with Crippen LogP contribution in [0.2, 0.25) is 0 Å². The summed E-state index contributed by atoms with van der Waals surface area (Å²) in [4.78, 5) is 30.5. The first kappa shape index (κ1) is 19.4. The lowest BCUT2D eigenvalue weighted by Crippen LogP contribution is -2.51. The van der Waals surface area contributed by atoms with E-state index in [0.29, 0.717) is 18.6 Å². The van der Waals surface area contributed by atoms with E-state index in [0.717, 1.165) is 65.0 Å². The fraction of sp³-hybridized carbons (Fsp3) is 0.895. The quantitative estimate of drug-likeness (QED) is 0.766. The van der Waals surface area contributed by atoms with Gasteiger partial charge in [0, 0.05) is 71.5 Å². The molecule has 0 aromatic rings. The van der Waals surface area contributed by atoms with Gasteiger partial charge in [0.05, 0.1) is 0 Å². The van der Waals surface area contributed by atoms with Crippen LogP contribution in [0, 0.1) is 5.92 Å². The van der Waals surface area contributed by atoms with E-state index < -0.39 is 0 Å². The second kappa shape index (κ2) is 9.04. The highest BCUT2D eigenvalue weighted by Crippen LogP contribution is 2.26. The maximum atomic E-state index is 12.3. The summed E-state index contributed by atoms with van der Waals surface area (Å²) in [6.07, 6.45) is 6.35. The summed E-state index contributed by atoms with van der Waals surface area (Å²) in [6.45, 7) is 4.77. The van der Waals surface area contributed by atoms with Crippen LogP contribution in [0.3, 0.4) is 0 Å². The molecular formula is C19H34N4O3. The van der Waals surface area contributed by atoms with Gasteiger partial charge in [0.2, 0.25) is 5.91 Å². The third kappa shape index (κ3) is 4.68. The molecule has 1 saturated carbocycles. The van der Waals surface area contributed by atoms with E-state index in [-0.39, 0.29) is 17.9 Å². The van der Waals surface area contributed by atoms with Crippen molar-refractivity contribution < 1.29 is 14.3 Å². The van der Waals surface area contributed by atoms with Gasteiger partial charge in [-0.2, -0.15) is 0 Å². The minimum atomic E-state index is 0.0951. The normalized spacial score (nSPS) is 24.6. The number of rotatable bonds is 6. The van der Waals surface area contributed by atoms with E-state index in [1.165, 1.54) is 6.42 Å². The first-order valence-corrected chi connectivity index (χ1v) is 10.1. The molecule has 148 valence electrons. The van der Waals surface area contributed by atoms with Crippen molar-refractivity contribution in [3.63, 3.8) is 0 Å². The molecule has 1 aliphatic carbocycles. The second-order valence-electron chi connectivity index (χ2n) is 8.07. The molecule has 1 atom stereocenters. The van der Waals surface area contributed by atoms with Gasteiger partial charge in [-0.3, -0.25) is 9.69 Å². The molecule has 2 saturated heterocycles. The average Bonchev–Trinajstić information content (AvgIpc) is 3.06. The number of carbonyl (C=O) groups excluding carboxylic acids is 2. The van der Waals surface area contributed by atoms with Crippen molar-refractivity contribution in [2.45, 2.75) is 50.6 Å². The van der Waals surface area contributed by atoms with Crippen molar-refractivity contribution >= 4 is 11.9 Å². The Morgan fingerprint density at radius 1 is 1.08 bits per heavy atom. The minimum Gasteiger partial charge on any atom is -0.381 e. The standard InChI is InChI=1S/C19H34N4O3/c1-21(2)19(25)22-10-6-17(14-22)23(16-7-12-26-13-8-16)11-9-20-18(24)15-4-3-5-15/h15-17H,3-14H2,1-2H3,(H,20,24). The molecule has 0 radical (unpaired) electrons. The van der Waals surface area contributed by atoms with Gasteiger partial charge in [0.15, 0.2) is 0 Å². The van der Waals surface area contributed by atoms with Gasteiger partial charge in [-0.25, -0.2) is 4.79 Å². The van der Waals surface area contributed by atoms with E-state index >= 15 is 0 Å². The van der Waals surface area contributed by atoms with Crippen molar-refractivity contribution in [2.24, 2.45) is 5.92 Å². The van der Waals surface area contributed by atoms with E-state index in [2.05, 4.69) is 10.2 Å². The second-order valence-corrected chi connectivity index (χ2v) is 8.07. The molecule has 3 amide bonds. The molecule has 26 heavy (non-hydrogen) atoms. The molecule has 3 fully saturated rings. The molecule has 1 N–H and O–H groups in total. The number of urea groups is 1. The molecule has 0 spiro atoms. The first-order chi connectivity index (χ1) is 12.6. The fourth-order valence-electron chi connectivity index (χ4n) is 4.27. The van der Waals surface area contributed by atoms with Crippen molar-refractivity contribution in [1.29, 1.82) is 0 Å². The van der Waals surface area contributed by atoms with Crippen LogP contribution >= 0.6 is 0 Å². The SMILES string of the molecule is CN(C)C(=O)N1CCC(N(CCNC(=O)C2CCC2)C2CCOCC2)C1. The van der Waals surface area contributed by atoms with Crippen molar-refractivity contribution in [1.82, 2.24) is 20.0 Å². The van der Waals surface area contributed by atoms with E-state index in [4.69, 9.17) is 4.74 Å². The molecule has 2 heterocycles. The topological polar surface area (TPSA) is 65.1 Å². The Labute approximate surface area is 157 Å². The van der Waals surface area contributed by atoms with Crippen LogP contribution < -0.4 is 5.32 Å². The number of nitrogens with one attached hydrogen (secondary N) is 1. The number of hydrogen-bond donors (Lipinski definition) is 1. The largest absolute Gasteiger partial charge is 0.381 e. The van der Waals surface area contributed by atoms with Gasteiger partial charge in [-0.15, -0.1) is 0 Å². The smallest absolute Gasteiger partial charge is 0.319 e. The van der Waals surface area contributed by atoms with Crippen molar-refractivity contribution in [3.05, 3.63) is 0 Å². The lowest BCUT2D eigenvalue weighted by molar-refractivity contribution is -0.127. The van der Waals surface area contributed by atoms with Crippen molar-refractivity contribution in [2.75, 3.05) is 53.5 Å². The molecule has 3 aliphatic rings. The van der Waals surface area contributed by atoms with Crippen LogP contribution in [0.15, 0.2) is 0 Å². The lowest BCUT2D eigenvalue weighted by atomic mass is 9.85. The third-order valence-electron chi connectivity index (χ3n) is 6.09. The summed E-state index contributed by atoms with van der Waals surface area (Å²) >= 11 is 0. The van der Waals surface area contributed by atoms with Gasteiger partial charge < -0.3 is 19.9 Å². The number of ether oxygens (including phenoxy) is 1. The van der Waals surface area contributed by atoms with Gasteiger partial charge in [0.25, 0.3) is 0 Å². The number of hydrogen-bond acceptors (Lipinski definition) is 4. The summed E-state index contributed by atoms with van der Waals surface area (Å²) in [6, 6.07) is 0.962. The molecule has 1 unspecified atom stereocenters. The van der Waals surface area contributed by atoms with Crippen LogP contribution in [-0.2, 0) is 9.53 Å². The predicted octanol–water partition coefficient (Wildman–Crippen LogP) is 1.14. The highest BCUT2D eigenvalue weighted by atomic mass is 16.5. The third-order valence-corrected chi connectivity index (χ3v) is 6.09. The maximum Gasteiger partial charge on any atom is 0.319 e. The van der Waals surface area contributed by atoms with Gasteiger partial charge in [-0.05, 0) is 32.1 Å². The summed E-state index contributed by atoms with van der Waals surface area (Å²) < 4.78 is 5.53. The Kier molecular flexibility index (Phi) is 6.75. The van der Waals surface area contributed by atoms with Crippen LogP contribution in [0.1, 0.15) is 38.5 Å². The molecule has 0 aromatic heterocycles. The highest BCUT2D eigenvalue weighted by Gasteiger charge is 2.35. The highest BCUT2D eigenvalue weighted by molar-refractivity contribution is 5.79. The van der Waals surface area contributed by atoms with Crippen molar-refractivity contribution in [3.8, 4) is 0 Å². The molecule has 2 aliphatic heterocycles. The van der Waals surface area contributed by atoms with Gasteiger partial charge >= 0.3 is 6.03 Å². The summed E-state index contributed by atoms with van der Waals surface area (Å²) in [5.41, 5.74) is 0. The average molecular weight is 367 g/mol. The van der Waals surface area contributed by atoms with Gasteiger partial charge in [-0.1, -0.05) is 6.42 Å². The Hall–Kier alpha value is -1.34. The zero-order valence-corrected chi connectivity index (χ0v) is 16.3. The number of amides is 3. The molecular weight excluding hydrogens is 332 g/mol. The van der Waals surface area contributed by atoms with Crippen LogP contribution in [0.5, 0.6) is 0 Å². The lowest BCUT2D eigenvalue weighted by Gasteiger charge is -2.38. The monoisotopic (exact) mass is 366 g/mol. The summed E-state index contributed by atoms with van der Waals surface area (Å²) in [5.74, 6) is 0.463. The summed E-state index contributed by atoms with van der Waals surface area (Å²) in [7, 11) is 3.61. The fourth-order valence-corrected chi connectivity index (χ4v) is 4.27. The van der Waals surface area contributed by atoms with Crippen LogP contribution in [-0.4, -0.2) is 92.2 Å². The van der Waals surface area contributed by atoms with E-state index in [1.807, 2.05) is 19.0 Å².